The molecule has 0 unspecified atom stereocenters. The first-order valence-corrected chi connectivity index (χ1v) is 9.39. The number of nitrogens with zero attached hydrogens (tertiary/aromatic N) is 2. The monoisotopic (exact) mass is 349 g/mol. The van der Waals surface area contributed by atoms with E-state index >= 15 is 0 Å². The van der Waals surface area contributed by atoms with Crippen molar-refractivity contribution in [3.05, 3.63) is 42.7 Å². The number of carbonyl (C=O) groups is 1. The van der Waals surface area contributed by atoms with Crippen LogP contribution in [0, 0.1) is 5.92 Å². The molecular weight excluding hydrogens is 326 g/mol. The highest BCUT2D eigenvalue weighted by atomic mass is 16.3. The fraction of sp³-hybridized carbons (Fsp3) is 0.381. The first kappa shape index (κ1) is 16.8. The Bertz CT molecular complexity index is 883. The lowest BCUT2D eigenvalue weighted by Gasteiger charge is -2.20. The third-order valence-corrected chi connectivity index (χ3v) is 5.10. The molecule has 1 N–H and O–H groups in total. The number of hydrogen-bond donors (Lipinski definition) is 1. The summed E-state index contributed by atoms with van der Waals surface area (Å²) in [7, 11) is 0. The number of carbonyl (C=O) groups excluding carboxylic acids is 1. The maximum Gasteiger partial charge on any atom is 0.227 e. The summed E-state index contributed by atoms with van der Waals surface area (Å²) in [5.41, 5.74) is 3.08. The largest absolute Gasteiger partial charge is 0.436 e. The van der Waals surface area contributed by atoms with E-state index in [0.717, 1.165) is 23.2 Å². The Balaban J connectivity index is 1.41. The highest BCUT2D eigenvalue weighted by Gasteiger charge is 2.15. The molecule has 1 aliphatic rings. The number of anilines is 1. The van der Waals surface area contributed by atoms with Gasteiger partial charge in [0.05, 0.1) is 0 Å². The lowest BCUT2D eigenvalue weighted by atomic mass is 9.86. The minimum atomic E-state index is 0.0730. The van der Waals surface area contributed by atoms with E-state index < -0.39 is 0 Å². The Morgan fingerprint density at radius 1 is 1.12 bits per heavy atom. The molecule has 4 rings (SSSR count). The topological polar surface area (TPSA) is 68.0 Å². The minimum Gasteiger partial charge on any atom is -0.436 e. The van der Waals surface area contributed by atoms with E-state index in [4.69, 9.17) is 4.42 Å². The van der Waals surface area contributed by atoms with Crippen molar-refractivity contribution in [1.29, 1.82) is 0 Å². The van der Waals surface area contributed by atoms with Crippen molar-refractivity contribution in [1.82, 2.24) is 9.97 Å². The molecule has 1 fully saturated rings. The molecule has 1 amide bonds. The van der Waals surface area contributed by atoms with E-state index in [0.29, 0.717) is 23.8 Å². The molecule has 1 saturated carbocycles. The van der Waals surface area contributed by atoms with Crippen molar-refractivity contribution < 1.29 is 9.21 Å². The highest BCUT2D eigenvalue weighted by molar-refractivity contribution is 5.92. The van der Waals surface area contributed by atoms with Crippen molar-refractivity contribution in [2.24, 2.45) is 5.92 Å². The second-order valence-corrected chi connectivity index (χ2v) is 7.03. The van der Waals surface area contributed by atoms with E-state index in [2.05, 4.69) is 15.3 Å². The SMILES string of the molecule is O=C(CCC1CCCCC1)Nc1ccc2nc(-c3ccncc3)oc2c1. The molecular formula is C21H23N3O2. The quantitative estimate of drug-likeness (QED) is 0.688. The molecule has 0 saturated heterocycles. The van der Waals surface area contributed by atoms with Crippen molar-refractivity contribution >= 4 is 22.7 Å². The molecule has 5 nitrogen and oxygen atoms in total. The number of rotatable bonds is 5. The number of hydrogen-bond acceptors (Lipinski definition) is 4. The van der Waals surface area contributed by atoms with Crippen LogP contribution < -0.4 is 5.32 Å². The van der Waals surface area contributed by atoms with Crippen LogP contribution in [0.4, 0.5) is 5.69 Å². The predicted molar refractivity (Wildman–Crippen MR) is 102 cm³/mol. The number of benzene rings is 1. The van der Waals surface area contributed by atoms with Gasteiger partial charge in [-0.15, -0.1) is 0 Å². The van der Waals surface area contributed by atoms with Crippen LogP contribution in [0.5, 0.6) is 0 Å². The number of aromatic nitrogens is 2. The van der Waals surface area contributed by atoms with Crippen LogP contribution >= 0.6 is 0 Å². The molecule has 1 aromatic carbocycles. The summed E-state index contributed by atoms with van der Waals surface area (Å²) in [6.45, 7) is 0. The standard InChI is InChI=1S/C21H23N3O2/c25-20(9-6-15-4-2-1-3-5-15)23-17-7-8-18-19(14-17)26-21(24-18)16-10-12-22-13-11-16/h7-8,10-15H,1-6,9H2,(H,23,25). The summed E-state index contributed by atoms with van der Waals surface area (Å²) in [6.07, 6.45) is 11.5. The molecule has 2 aromatic heterocycles. The van der Waals surface area contributed by atoms with E-state index in [1.807, 2.05) is 30.3 Å². The molecule has 134 valence electrons. The Kier molecular flexibility index (Phi) is 4.95. The first-order valence-electron chi connectivity index (χ1n) is 9.39. The minimum absolute atomic E-state index is 0.0730. The predicted octanol–water partition coefficient (Wildman–Crippen LogP) is 5.19. The highest BCUT2D eigenvalue weighted by Crippen LogP contribution is 2.28. The van der Waals surface area contributed by atoms with Crippen LogP contribution in [-0.4, -0.2) is 15.9 Å². The molecule has 26 heavy (non-hydrogen) atoms. The molecule has 2 heterocycles. The van der Waals surface area contributed by atoms with E-state index in [1.165, 1.54) is 32.1 Å². The Morgan fingerprint density at radius 3 is 2.73 bits per heavy atom. The van der Waals surface area contributed by atoms with E-state index in [1.54, 1.807) is 12.4 Å². The normalized spacial score (nSPS) is 15.2. The zero-order valence-corrected chi connectivity index (χ0v) is 14.8. The average Bonchev–Trinajstić information content (AvgIpc) is 3.11. The zero-order chi connectivity index (χ0) is 17.8. The number of fused-ring (bicyclic) bond motifs is 1. The van der Waals surface area contributed by atoms with Gasteiger partial charge < -0.3 is 9.73 Å². The van der Waals surface area contributed by atoms with Crippen molar-refractivity contribution in [3.8, 4) is 11.5 Å². The maximum absolute atomic E-state index is 12.3. The van der Waals surface area contributed by atoms with Gasteiger partial charge in [-0.05, 0) is 36.6 Å². The van der Waals surface area contributed by atoms with Gasteiger partial charge in [-0.3, -0.25) is 9.78 Å². The lowest BCUT2D eigenvalue weighted by molar-refractivity contribution is -0.116. The van der Waals surface area contributed by atoms with Crippen LogP contribution in [0.3, 0.4) is 0 Å². The van der Waals surface area contributed by atoms with Gasteiger partial charge in [0.2, 0.25) is 11.8 Å². The van der Waals surface area contributed by atoms with Crippen LogP contribution in [0.15, 0.2) is 47.1 Å². The van der Waals surface area contributed by atoms with Gasteiger partial charge in [-0.1, -0.05) is 32.1 Å². The first-order chi connectivity index (χ1) is 12.8. The van der Waals surface area contributed by atoms with Gasteiger partial charge in [0.15, 0.2) is 5.58 Å². The summed E-state index contributed by atoms with van der Waals surface area (Å²) in [5.74, 6) is 1.35. The van der Waals surface area contributed by atoms with E-state index in [9.17, 15) is 4.79 Å². The van der Waals surface area contributed by atoms with Crippen molar-refractivity contribution in [2.45, 2.75) is 44.9 Å². The van der Waals surface area contributed by atoms with Crippen molar-refractivity contribution in [3.63, 3.8) is 0 Å². The molecule has 0 aliphatic heterocycles. The van der Waals surface area contributed by atoms with Crippen LogP contribution in [-0.2, 0) is 4.79 Å². The third-order valence-electron chi connectivity index (χ3n) is 5.10. The summed E-state index contributed by atoms with van der Waals surface area (Å²) in [6, 6.07) is 9.31. The van der Waals surface area contributed by atoms with Crippen LogP contribution in [0.25, 0.3) is 22.6 Å². The van der Waals surface area contributed by atoms with Gasteiger partial charge in [0, 0.05) is 36.1 Å². The van der Waals surface area contributed by atoms with Gasteiger partial charge in [0.1, 0.15) is 5.52 Å². The average molecular weight is 349 g/mol. The van der Waals surface area contributed by atoms with E-state index in [-0.39, 0.29) is 5.91 Å². The van der Waals surface area contributed by atoms with Gasteiger partial charge in [-0.25, -0.2) is 4.98 Å². The Morgan fingerprint density at radius 2 is 1.92 bits per heavy atom. The maximum atomic E-state index is 12.3. The number of pyridine rings is 1. The summed E-state index contributed by atoms with van der Waals surface area (Å²) in [4.78, 5) is 20.8. The van der Waals surface area contributed by atoms with Crippen LogP contribution in [0.1, 0.15) is 44.9 Å². The second kappa shape index (κ2) is 7.68. The van der Waals surface area contributed by atoms with Gasteiger partial charge >= 0.3 is 0 Å². The molecule has 0 bridgehead atoms. The van der Waals surface area contributed by atoms with Crippen LogP contribution in [0.2, 0.25) is 0 Å². The molecule has 0 radical (unpaired) electrons. The fourth-order valence-corrected chi connectivity index (χ4v) is 3.65. The molecule has 0 atom stereocenters. The molecule has 5 heteroatoms. The summed E-state index contributed by atoms with van der Waals surface area (Å²) < 4.78 is 5.84. The zero-order valence-electron chi connectivity index (χ0n) is 14.8. The smallest absolute Gasteiger partial charge is 0.227 e. The number of nitrogens with one attached hydrogen (secondary N) is 1. The second-order valence-electron chi connectivity index (χ2n) is 7.03. The fourth-order valence-electron chi connectivity index (χ4n) is 3.65. The summed E-state index contributed by atoms with van der Waals surface area (Å²) >= 11 is 0. The van der Waals surface area contributed by atoms with Gasteiger partial charge in [-0.2, -0.15) is 0 Å². The molecule has 3 aromatic rings. The molecule has 0 spiro atoms. The van der Waals surface area contributed by atoms with Gasteiger partial charge in [0.25, 0.3) is 0 Å². The number of amides is 1. The lowest BCUT2D eigenvalue weighted by Crippen LogP contribution is -2.14. The molecule has 1 aliphatic carbocycles. The Labute approximate surface area is 152 Å². The Hall–Kier alpha value is -2.69. The third kappa shape index (κ3) is 3.93. The van der Waals surface area contributed by atoms with Crippen molar-refractivity contribution in [2.75, 3.05) is 5.32 Å². The summed E-state index contributed by atoms with van der Waals surface area (Å²) in [5, 5.41) is 2.99. The number of oxazole rings is 1.